The number of hydrogen-bond donors (Lipinski definition) is 0. The number of para-hydroxylation sites is 1. The van der Waals surface area contributed by atoms with E-state index in [2.05, 4.69) is 28.1 Å². The minimum atomic E-state index is -0.392. The van der Waals surface area contributed by atoms with Crippen LogP contribution < -0.4 is 9.64 Å². The van der Waals surface area contributed by atoms with Gasteiger partial charge in [-0.3, -0.25) is 14.7 Å². The first-order chi connectivity index (χ1) is 17.6. The van der Waals surface area contributed by atoms with Gasteiger partial charge in [-0.05, 0) is 50.4 Å². The number of ether oxygens (including phenoxy) is 1. The minimum absolute atomic E-state index is 0.320. The third-order valence-corrected chi connectivity index (χ3v) is 7.06. The molecule has 1 aliphatic rings. The smallest absolute Gasteiger partial charge is 0.150 e. The van der Waals surface area contributed by atoms with E-state index in [9.17, 15) is 14.4 Å². The second-order valence-electron chi connectivity index (χ2n) is 9.39. The van der Waals surface area contributed by atoms with Crippen molar-refractivity contribution in [1.82, 2.24) is 9.88 Å². The van der Waals surface area contributed by atoms with Crippen molar-refractivity contribution in [3.05, 3.63) is 65.9 Å². The summed E-state index contributed by atoms with van der Waals surface area (Å²) in [5.41, 5.74) is 3.56. The van der Waals surface area contributed by atoms with E-state index >= 15 is 0 Å². The first-order valence-electron chi connectivity index (χ1n) is 12.5. The van der Waals surface area contributed by atoms with E-state index in [1.165, 1.54) is 11.1 Å². The highest BCUT2D eigenvalue weighted by molar-refractivity contribution is 5.91. The Morgan fingerprint density at radius 1 is 1.08 bits per heavy atom. The Bertz CT molecular complexity index is 1180. The Kier molecular flexibility index (Phi) is 8.79. The summed E-state index contributed by atoms with van der Waals surface area (Å²) in [6.45, 7) is 2.86. The van der Waals surface area contributed by atoms with Crippen LogP contribution in [-0.2, 0) is 16.1 Å². The fourth-order valence-corrected chi connectivity index (χ4v) is 4.90. The Balaban J connectivity index is 1.39. The summed E-state index contributed by atoms with van der Waals surface area (Å²) in [5.74, 6) is 1.09. The lowest BCUT2D eigenvalue weighted by atomic mass is 9.97. The molecule has 2 aromatic carbocycles. The molecule has 0 bridgehead atoms. The summed E-state index contributed by atoms with van der Waals surface area (Å²) in [6.07, 6.45) is 7.17. The normalized spacial score (nSPS) is 15.1. The number of aromatic nitrogens is 1. The van der Waals surface area contributed by atoms with Gasteiger partial charge in [0.05, 0.1) is 18.2 Å². The largest absolute Gasteiger partial charge is 0.493 e. The molecule has 1 atom stereocenters. The molecule has 1 saturated heterocycles. The topological polar surface area (TPSA) is 79.8 Å². The van der Waals surface area contributed by atoms with Gasteiger partial charge in [0.1, 0.15) is 18.3 Å². The fourth-order valence-electron chi connectivity index (χ4n) is 4.90. The van der Waals surface area contributed by atoms with Crippen molar-refractivity contribution in [2.24, 2.45) is 5.92 Å². The van der Waals surface area contributed by atoms with Crippen LogP contribution in [0.25, 0.3) is 10.9 Å². The number of aldehydes is 3. The number of pyridine rings is 1. The van der Waals surface area contributed by atoms with Crippen LogP contribution >= 0.6 is 0 Å². The van der Waals surface area contributed by atoms with Crippen molar-refractivity contribution in [2.75, 3.05) is 31.6 Å². The minimum Gasteiger partial charge on any atom is -0.493 e. The van der Waals surface area contributed by atoms with Crippen LogP contribution in [0.3, 0.4) is 0 Å². The molecule has 7 heteroatoms. The number of fused-ring (bicyclic) bond motifs is 1. The summed E-state index contributed by atoms with van der Waals surface area (Å²) < 4.78 is 6.27. The van der Waals surface area contributed by atoms with Crippen molar-refractivity contribution in [3.8, 4) is 5.75 Å². The Labute approximate surface area is 212 Å². The van der Waals surface area contributed by atoms with Crippen molar-refractivity contribution in [1.29, 1.82) is 0 Å². The SMILES string of the molecule is CN(Cc1c(C=O)cccc1OCC1CCN(c2ccnc3ccccc23)CC1)C(C=O)CCC=O. The molecule has 1 fully saturated rings. The highest BCUT2D eigenvalue weighted by Gasteiger charge is 2.23. The number of piperidine rings is 1. The predicted molar refractivity (Wildman–Crippen MR) is 141 cm³/mol. The van der Waals surface area contributed by atoms with Crippen molar-refractivity contribution in [2.45, 2.75) is 38.3 Å². The highest BCUT2D eigenvalue weighted by atomic mass is 16.5. The lowest BCUT2D eigenvalue weighted by molar-refractivity contribution is -0.113. The molecular formula is C29H33N3O4. The monoisotopic (exact) mass is 487 g/mol. The third-order valence-electron chi connectivity index (χ3n) is 7.06. The lowest BCUT2D eigenvalue weighted by Crippen LogP contribution is -2.36. The standard InChI is InChI=1S/C29H33N3O4/c1-31(24(20-35)7-5-17-33)18-26-23(19-34)6-4-10-29(26)36-21-22-12-15-32(16-13-22)28-11-14-30-27-9-3-2-8-25(27)28/h2-4,6,8-11,14,17,19-20,22,24H,5,7,12-13,15-16,18,21H2,1H3. The highest BCUT2D eigenvalue weighted by Crippen LogP contribution is 2.30. The van der Waals surface area contributed by atoms with Gasteiger partial charge >= 0.3 is 0 Å². The molecule has 0 saturated carbocycles. The summed E-state index contributed by atoms with van der Waals surface area (Å²) in [7, 11) is 1.83. The van der Waals surface area contributed by atoms with Crippen LogP contribution in [0.2, 0.25) is 0 Å². The number of rotatable bonds is 12. The van der Waals surface area contributed by atoms with Gasteiger partial charge in [-0.15, -0.1) is 0 Å². The van der Waals surface area contributed by atoms with Gasteiger partial charge in [-0.25, -0.2) is 0 Å². The van der Waals surface area contributed by atoms with Crippen LogP contribution in [0, 0.1) is 5.92 Å². The second kappa shape index (κ2) is 12.4. The average Bonchev–Trinajstić information content (AvgIpc) is 2.93. The van der Waals surface area contributed by atoms with Gasteiger partial charge < -0.3 is 19.2 Å². The number of anilines is 1. The zero-order chi connectivity index (χ0) is 25.3. The van der Waals surface area contributed by atoms with Crippen LogP contribution in [0.15, 0.2) is 54.7 Å². The van der Waals surface area contributed by atoms with Crippen molar-refractivity contribution in [3.63, 3.8) is 0 Å². The summed E-state index contributed by atoms with van der Waals surface area (Å²) in [5, 5.41) is 1.18. The van der Waals surface area contributed by atoms with Gasteiger partial charge in [-0.1, -0.05) is 30.3 Å². The zero-order valence-electron chi connectivity index (χ0n) is 20.7. The van der Waals surface area contributed by atoms with Crippen molar-refractivity contribution < 1.29 is 19.1 Å². The molecule has 0 spiro atoms. The maximum Gasteiger partial charge on any atom is 0.150 e. The molecular weight excluding hydrogens is 454 g/mol. The number of hydrogen-bond acceptors (Lipinski definition) is 7. The molecule has 7 nitrogen and oxygen atoms in total. The Hall–Kier alpha value is -3.58. The van der Waals surface area contributed by atoms with Crippen LogP contribution in [-0.4, -0.2) is 61.5 Å². The molecule has 0 aliphatic carbocycles. The van der Waals surface area contributed by atoms with E-state index in [1.807, 2.05) is 42.4 Å². The van der Waals surface area contributed by atoms with Gasteiger partial charge in [0.25, 0.3) is 0 Å². The number of likely N-dealkylation sites (N-methyl/N-ethyl adjacent to an activating group) is 1. The average molecular weight is 488 g/mol. The van der Waals surface area contributed by atoms with Gasteiger partial charge in [0.15, 0.2) is 6.29 Å². The number of carbonyl (C=O) groups is 3. The van der Waals surface area contributed by atoms with E-state index in [1.54, 1.807) is 6.07 Å². The Morgan fingerprint density at radius 3 is 2.64 bits per heavy atom. The molecule has 1 aromatic heterocycles. The van der Waals surface area contributed by atoms with Crippen LogP contribution in [0.1, 0.15) is 41.6 Å². The van der Waals surface area contributed by atoms with E-state index < -0.39 is 6.04 Å². The van der Waals surface area contributed by atoms with Gasteiger partial charge in [0.2, 0.25) is 0 Å². The molecule has 2 heterocycles. The number of nitrogens with zero attached hydrogens (tertiary/aromatic N) is 3. The first-order valence-corrected chi connectivity index (χ1v) is 12.5. The van der Waals surface area contributed by atoms with Gasteiger partial charge in [-0.2, -0.15) is 0 Å². The molecule has 0 amide bonds. The maximum atomic E-state index is 11.7. The molecule has 1 aliphatic heterocycles. The summed E-state index contributed by atoms with van der Waals surface area (Å²) in [6, 6.07) is 15.4. The summed E-state index contributed by atoms with van der Waals surface area (Å²) >= 11 is 0. The first kappa shape index (κ1) is 25.5. The van der Waals surface area contributed by atoms with E-state index in [-0.39, 0.29) is 0 Å². The van der Waals surface area contributed by atoms with Gasteiger partial charge in [0, 0.05) is 54.5 Å². The Morgan fingerprint density at radius 2 is 1.89 bits per heavy atom. The fraction of sp³-hybridized carbons (Fsp3) is 0.379. The quantitative estimate of drug-likeness (QED) is 0.352. The van der Waals surface area contributed by atoms with E-state index in [0.717, 1.165) is 55.9 Å². The van der Waals surface area contributed by atoms with Crippen molar-refractivity contribution >= 4 is 35.4 Å². The molecule has 188 valence electrons. The third kappa shape index (κ3) is 5.97. The molecule has 0 N–H and O–H groups in total. The molecule has 1 unspecified atom stereocenters. The van der Waals surface area contributed by atoms with E-state index in [4.69, 9.17) is 4.74 Å². The maximum absolute atomic E-state index is 11.7. The molecule has 3 aromatic rings. The second-order valence-corrected chi connectivity index (χ2v) is 9.39. The molecule has 36 heavy (non-hydrogen) atoms. The number of benzene rings is 2. The van der Waals surface area contributed by atoms with E-state index in [0.29, 0.717) is 43.2 Å². The van der Waals surface area contributed by atoms with Crippen LogP contribution in [0.4, 0.5) is 5.69 Å². The molecule has 4 rings (SSSR count). The summed E-state index contributed by atoms with van der Waals surface area (Å²) in [4.78, 5) is 42.8. The zero-order valence-corrected chi connectivity index (χ0v) is 20.7. The number of carbonyl (C=O) groups excluding carboxylic acids is 3. The predicted octanol–water partition coefficient (Wildman–Crippen LogP) is 4.32. The lowest BCUT2D eigenvalue weighted by Gasteiger charge is -2.34. The molecule has 0 radical (unpaired) electrons. The van der Waals surface area contributed by atoms with Crippen LogP contribution in [0.5, 0.6) is 5.75 Å².